The average Bonchev–Trinajstić information content (AvgIpc) is 2.58. The minimum Gasteiger partial charge on any atom is -0.392 e. The molecule has 0 amide bonds. The molecule has 1 aliphatic carbocycles. The highest BCUT2D eigenvalue weighted by molar-refractivity contribution is 7.11. The number of allylic oxidation sites excluding steroid dienone is 2. The number of hydrogen-bond acceptors (Lipinski definition) is 2. The molecule has 0 aliphatic heterocycles. The van der Waals surface area contributed by atoms with Crippen molar-refractivity contribution in [2.75, 3.05) is 6.61 Å². The van der Waals surface area contributed by atoms with Gasteiger partial charge in [0.2, 0.25) is 0 Å². The molecule has 0 saturated carbocycles. The smallest absolute Gasteiger partial charge is 0.292 e. The van der Waals surface area contributed by atoms with Crippen molar-refractivity contribution in [3.8, 4) is 0 Å². The minimum atomic E-state index is -2.96. The lowest BCUT2D eigenvalue weighted by Gasteiger charge is -2.20. The standard InChI is InChI=1S/C10H8F2OS/c11-10(12)4-1-9-7(3-6-14-9)8(10)2-5-13/h1-4,6,13H,5H2. The molecule has 1 N–H and O–H groups in total. The minimum absolute atomic E-state index is 0.0984. The third kappa shape index (κ3) is 1.40. The first-order chi connectivity index (χ1) is 6.65. The first-order valence-corrected chi connectivity index (χ1v) is 4.99. The lowest BCUT2D eigenvalue weighted by Crippen LogP contribution is -2.18. The predicted molar refractivity (Wildman–Crippen MR) is 53.4 cm³/mol. The molecule has 1 aromatic rings. The zero-order valence-electron chi connectivity index (χ0n) is 7.21. The van der Waals surface area contributed by atoms with E-state index >= 15 is 0 Å². The van der Waals surface area contributed by atoms with Crippen LogP contribution >= 0.6 is 11.3 Å². The van der Waals surface area contributed by atoms with Crippen LogP contribution in [0.25, 0.3) is 11.6 Å². The molecule has 0 aromatic carbocycles. The van der Waals surface area contributed by atoms with Gasteiger partial charge in [-0.2, -0.15) is 8.78 Å². The Balaban J connectivity index is 2.56. The molecule has 1 nitrogen and oxygen atoms in total. The number of fused-ring (bicyclic) bond motifs is 1. The lowest BCUT2D eigenvalue weighted by atomic mass is 9.95. The molecular weight excluding hydrogens is 206 g/mol. The largest absolute Gasteiger partial charge is 0.392 e. The Labute approximate surface area is 84.0 Å². The fourth-order valence-corrected chi connectivity index (χ4v) is 2.26. The molecule has 0 unspecified atom stereocenters. The van der Waals surface area contributed by atoms with Crippen LogP contribution in [0.3, 0.4) is 0 Å². The number of aliphatic hydroxyl groups excluding tert-OH is 1. The fourth-order valence-electron chi connectivity index (χ4n) is 1.46. The molecule has 0 spiro atoms. The molecule has 74 valence electrons. The van der Waals surface area contributed by atoms with E-state index in [9.17, 15) is 8.78 Å². The summed E-state index contributed by atoms with van der Waals surface area (Å²) >= 11 is 1.41. The molecule has 0 atom stereocenters. The van der Waals surface area contributed by atoms with E-state index in [-0.39, 0.29) is 12.2 Å². The molecule has 14 heavy (non-hydrogen) atoms. The SMILES string of the molecule is OCC=C1c2ccsc2C=CC1(F)F. The lowest BCUT2D eigenvalue weighted by molar-refractivity contribution is 0.122. The summed E-state index contributed by atoms with van der Waals surface area (Å²) in [5, 5.41) is 10.4. The van der Waals surface area contributed by atoms with Gasteiger partial charge in [-0.1, -0.05) is 0 Å². The van der Waals surface area contributed by atoms with Gasteiger partial charge in [0.15, 0.2) is 0 Å². The van der Waals surface area contributed by atoms with Gasteiger partial charge < -0.3 is 5.11 Å². The van der Waals surface area contributed by atoms with Crippen LogP contribution < -0.4 is 0 Å². The Bertz CT molecular complexity index is 404. The average molecular weight is 214 g/mol. The molecule has 0 bridgehead atoms. The van der Waals surface area contributed by atoms with E-state index < -0.39 is 5.92 Å². The van der Waals surface area contributed by atoms with Crippen LogP contribution in [0.15, 0.2) is 23.6 Å². The summed E-state index contributed by atoms with van der Waals surface area (Å²) in [4.78, 5) is 0.815. The molecule has 2 rings (SSSR count). The molecule has 0 radical (unpaired) electrons. The molecular formula is C10H8F2OS. The molecule has 4 heteroatoms. The number of rotatable bonds is 1. The van der Waals surface area contributed by atoms with Crippen LogP contribution in [0.5, 0.6) is 0 Å². The van der Waals surface area contributed by atoms with Crippen LogP contribution in [0, 0.1) is 0 Å². The summed E-state index contributed by atoms with van der Waals surface area (Å²) in [6, 6.07) is 1.65. The molecule has 0 fully saturated rings. The van der Waals surface area contributed by atoms with Crippen LogP contribution in [0.4, 0.5) is 8.78 Å². The Morgan fingerprint density at radius 3 is 3.00 bits per heavy atom. The van der Waals surface area contributed by atoms with E-state index in [1.807, 2.05) is 0 Å². The van der Waals surface area contributed by atoms with E-state index in [0.717, 1.165) is 17.0 Å². The van der Waals surface area contributed by atoms with Crippen LogP contribution in [0.2, 0.25) is 0 Å². The normalized spacial score (nSPS) is 21.2. The van der Waals surface area contributed by atoms with E-state index in [0.29, 0.717) is 5.56 Å². The van der Waals surface area contributed by atoms with Crippen molar-refractivity contribution in [2.24, 2.45) is 0 Å². The van der Waals surface area contributed by atoms with Crippen molar-refractivity contribution in [3.63, 3.8) is 0 Å². The predicted octanol–water partition coefficient (Wildman–Crippen LogP) is 2.79. The number of aliphatic hydroxyl groups is 1. The highest BCUT2D eigenvalue weighted by Gasteiger charge is 2.35. The maximum Gasteiger partial charge on any atom is 0.292 e. The van der Waals surface area contributed by atoms with Crippen molar-refractivity contribution >= 4 is 23.0 Å². The Morgan fingerprint density at radius 1 is 1.50 bits per heavy atom. The van der Waals surface area contributed by atoms with Gasteiger partial charge in [-0.3, -0.25) is 0 Å². The number of hydrogen-bond donors (Lipinski definition) is 1. The third-order valence-electron chi connectivity index (χ3n) is 2.08. The van der Waals surface area contributed by atoms with Gasteiger partial charge >= 0.3 is 0 Å². The Morgan fingerprint density at radius 2 is 2.29 bits per heavy atom. The van der Waals surface area contributed by atoms with E-state index in [1.165, 1.54) is 17.4 Å². The Hall–Kier alpha value is -1.00. The van der Waals surface area contributed by atoms with Gasteiger partial charge in [0.25, 0.3) is 5.92 Å². The van der Waals surface area contributed by atoms with E-state index in [1.54, 1.807) is 11.4 Å². The van der Waals surface area contributed by atoms with Gasteiger partial charge in [0, 0.05) is 16.0 Å². The molecule has 1 aliphatic rings. The van der Waals surface area contributed by atoms with Gasteiger partial charge in [0.1, 0.15) is 0 Å². The van der Waals surface area contributed by atoms with Gasteiger partial charge in [-0.25, -0.2) is 0 Å². The summed E-state index contributed by atoms with van der Waals surface area (Å²) < 4.78 is 26.7. The van der Waals surface area contributed by atoms with Crippen molar-refractivity contribution in [1.82, 2.24) is 0 Å². The first-order valence-electron chi connectivity index (χ1n) is 4.11. The summed E-state index contributed by atoms with van der Waals surface area (Å²) in [5.41, 5.74) is 0.426. The number of alkyl halides is 2. The summed E-state index contributed by atoms with van der Waals surface area (Å²) in [5.74, 6) is -2.96. The number of thiophene rings is 1. The summed E-state index contributed by atoms with van der Waals surface area (Å²) in [7, 11) is 0. The van der Waals surface area contributed by atoms with Crippen molar-refractivity contribution in [1.29, 1.82) is 0 Å². The summed E-state index contributed by atoms with van der Waals surface area (Å²) in [6.07, 6.45) is 3.46. The second kappa shape index (κ2) is 3.29. The van der Waals surface area contributed by atoms with E-state index in [4.69, 9.17) is 5.11 Å². The second-order valence-corrected chi connectivity index (χ2v) is 3.90. The molecule has 0 saturated heterocycles. The molecule has 1 aromatic heterocycles. The monoisotopic (exact) mass is 214 g/mol. The quantitative estimate of drug-likeness (QED) is 0.762. The first kappa shape index (κ1) is 9.55. The fraction of sp³-hybridized carbons (Fsp3) is 0.200. The van der Waals surface area contributed by atoms with Gasteiger partial charge in [0.05, 0.1) is 6.61 Å². The number of halogens is 2. The van der Waals surface area contributed by atoms with E-state index in [2.05, 4.69) is 0 Å². The van der Waals surface area contributed by atoms with Gasteiger partial charge in [-0.15, -0.1) is 11.3 Å². The summed E-state index contributed by atoms with van der Waals surface area (Å²) in [6.45, 7) is -0.367. The molecule has 1 heterocycles. The third-order valence-corrected chi connectivity index (χ3v) is 2.97. The Kier molecular flexibility index (Phi) is 2.25. The van der Waals surface area contributed by atoms with Crippen molar-refractivity contribution in [3.05, 3.63) is 34.0 Å². The van der Waals surface area contributed by atoms with Gasteiger partial charge in [-0.05, 0) is 29.7 Å². The van der Waals surface area contributed by atoms with Crippen LogP contribution in [-0.2, 0) is 0 Å². The van der Waals surface area contributed by atoms with Crippen LogP contribution in [-0.4, -0.2) is 17.6 Å². The topological polar surface area (TPSA) is 20.2 Å². The maximum atomic E-state index is 13.4. The maximum absolute atomic E-state index is 13.4. The highest BCUT2D eigenvalue weighted by atomic mass is 32.1. The van der Waals surface area contributed by atoms with Crippen molar-refractivity contribution in [2.45, 2.75) is 5.92 Å². The van der Waals surface area contributed by atoms with Crippen molar-refractivity contribution < 1.29 is 13.9 Å². The van der Waals surface area contributed by atoms with Crippen LogP contribution in [0.1, 0.15) is 10.4 Å². The zero-order valence-corrected chi connectivity index (χ0v) is 8.02. The second-order valence-electron chi connectivity index (χ2n) is 2.96. The highest BCUT2D eigenvalue weighted by Crippen LogP contribution is 2.41. The zero-order chi connectivity index (χ0) is 10.2.